The van der Waals surface area contributed by atoms with Gasteiger partial charge in [-0.3, -0.25) is 4.79 Å². The number of hydrogen-bond acceptors (Lipinski definition) is 3. The molecule has 2 aromatic rings. The van der Waals surface area contributed by atoms with Gasteiger partial charge in [0.05, 0.1) is 10.6 Å². The number of aromatic nitrogens is 1. The summed E-state index contributed by atoms with van der Waals surface area (Å²) in [6.07, 6.45) is 0. The molecule has 0 bridgehead atoms. The minimum atomic E-state index is 0.0569. The maximum absolute atomic E-state index is 11.5. The third-order valence-corrected chi connectivity index (χ3v) is 3.93. The summed E-state index contributed by atoms with van der Waals surface area (Å²) in [6.45, 7) is 3.59. The number of carbonyl (C=O) groups is 1. The van der Waals surface area contributed by atoms with Gasteiger partial charge in [0.15, 0.2) is 9.70 Å². The molecule has 1 heterocycles. The summed E-state index contributed by atoms with van der Waals surface area (Å²) in [5.41, 5.74) is 2.93. The van der Waals surface area contributed by atoms with Gasteiger partial charge in [-0.05, 0) is 28.4 Å². The SMILES string of the molecule is CC(=O)c1sc(Br)nc1-c1ccccc1C. The predicted molar refractivity (Wildman–Crippen MR) is 70.0 cm³/mol. The van der Waals surface area contributed by atoms with Crippen molar-refractivity contribution in [3.63, 3.8) is 0 Å². The minimum Gasteiger partial charge on any atom is -0.294 e. The number of nitrogens with zero attached hydrogens (tertiary/aromatic N) is 1. The number of hydrogen-bond donors (Lipinski definition) is 0. The van der Waals surface area contributed by atoms with E-state index in [0.717, 1.165) is 20.7 Å². The zero-order valence-electron chi connectivity index (χ0n) is 8.95. The van der Waals surface area contributed by atoms with Crippen LogP contribution >= 0.6 is 27.3 Å². The molecule has 0 aliphatic heterocycles. The number of carbonyl (C=O) groups excluding carboxylic acids is 1. The number of halogens is 1. The maximum Gasteiger partial charge on any atom is 0.172 e. The molecule has 0 fully saturated rings. The number of Topliss-reactive ketones (excluding diaryl/α,β-unsaturated/α-hetero) is 1. The van der Waals surface area contributed by atoms with Crippen LogP contribution in [0.5, 0.6) is 0 Å². The molecule has 0 aliphatic carbocycles. The van der Waals surface area contributed by atoms with Crippen LogP contribution in [-0.2, 0) is 0 Å². The highest BCUT2D eigenvalue weighted by molar-refractivity contribution is 9.11. The van der Waals surface area contributed by atoms with Gasteiger partial charge < -0.3 is 0 Å². The molecule has 0 amide bonds. The van der Waals surface area contributed by atoms with E-state index in [-0.39, 0.29) is 5.78 Å². The summed E-state index contributed by atoms with van der Waals surface area (Å²) in [5, 5.41) is 0. The van der Waals surface area contributed by atoms with Crippen molar-refractivity contribution in [1.29, 1.82) is 0 Å². The van der Waals surface area contributed by atoms with Crippen LogP contribution in [0.25, 0.3) is 11.3 Å². The standard InChI is InChI=1S/C12H10BrNOS/c1-7-5-3-4-6-9(7)10-11(8(2)15)16-12(13)14-10/h3-6H,1-2H3. The average Bonchev–Trinajstić information content (AvgIpc) is 2.61. The Labute approximate surface area is 106 Å². The number of ketones is 1. The van der Waals surface area contributed by atoms with Crippen molar-refractivity contribution in [3.05, 3.63) is 38.6 Å². The van der Waals surface area contributed by atoms with E-state index in [4.69, 9.17) is 0 Å². The molecule has 0 unspecified atom stereocenters. The Morgan fingerprint density at radius 2 is 2.06 bits per heavy atom. The van der Waals surface area contributed by atoms with Crippen molar-refractivity contribution in [2.45, 2.75) is 13.8 Å². The summed E-state index contributed by atoms with van der Waals surface area (Å²) < 4.78 is 0.746. The van der Waals surface area contributed by atoms with Crippen LogP contribution in [0.2, 0.25) is 0 Å². The van der Waals surface area contributed by atoms with Crippen LogP contribution in [0, 0.1) is 6.92 Å². The number of rotatable bonds is 2. The van der Waals surface area contributed by atoms with E-state index in [0.29, 0.717) is 4.88 Å². The predicted octanol–water partition coefficient (Wildman–Crippen LogP) is 4.08. The number of benzene rings is 1. The maximum atomic E-state index is 11.5. The topological polar surface area (TPSA) is 30.0 Å². The molecule has 16 heavy (non-hydrogen) atoms. The van der Waals surface area contributed by atoms with Crippen molar-refractivity contribution >= 4 is 33.0 Å². The molecule has 0 atom stereocenters. The zero-order chi connectivity index (χ0) is 11.7. The van der Waals surface area contributed by atoms with Gasteiger partial charge in [0, 0.05) is 12.5 Å². The van der Waals surface area contributed by atoms with Crippen molar-refractivity contribution in [2.75, 3.05) is 0 Å². The van der Waals surface area contributed by atoms with Crippen LogP contribution in [0.15, 0.2) is 28.2 Å². The Bertz CT molecular complexity index is 548. The molecule has 0 radical (unpaired) electrons. The molecule has 2 rings (SSSR count). The lowest BCUT2D eigenvalue weighted by Gasteiger charge is -2.03. The lowest BCUT2D eigenvalue weighted by atomic mass is 10.0. The largest absolute Gasteiger partial charge is 0.294 e. The Kier molecular flexibility index (Phi) is 3.21. The normalized spacial score (nSPS) is 10.4. The van der Waals surface area contributed by atoms with Gasteiger partial charge in [-0.25, -0.2) is 4.98 Å². The Balaban J connectivity index is 2.64. The van der Waals surface area contributed by atoms with Crippen LogP contribution in [0.4, 0.5) is 0 Å². The van der Waals surface area contributed by atoms with Crippen molar-refractivity contribution in [2.24, 2.45) is 0 Å². The first kappa shape index (κ1) is 11.5. The van der Waals surface area contributed by atoms with Gasteiger partial charge >= 0.3 is 0 Å². The molecule has 1 aromatic carbocycles. The molecule has 1 aromatic heterocycles. The van der Waals surface area contributed by atoms with E-state index in [1.165, 1.54) is 11.3 Å². The lowest BCUT2D eigenvalue weighted by Crippen LogP contribution is -1.93. The fraction of sp³-hybridized carbons (Fsp3) is 0.167. The molecule has 0 aliphatic rings. The molecule has 4 heteroatoms. The molecular weight excluding hydrogens is 286 g/mol. The molecule has 0 spiro atoms. The molecule has 0 N–H and O–H groups in total. The first-order valence-corrected chi connectivity index (χ1v) is 6.44. The zero-order valence-corrected chi connectivity index (χ0v) is 11.4. The second kappa shape index (κ2) is 4.47. The van der Waals surface area contributed by atoms with Crippen LogP contribution in [0.3, 0.4) is 0 Å². The van der Waals surface area contributed by atoms with Gasteiger partial charge in [0.2, 0.25) is 0 Å². The van der Waals surface area contributed by atoms with Gasteiger partial charge in [-0.1, -0.05) is 24.3 Å². The highest BCUT2D eigenvalue weighted by atomic mass is 79.9. The average molecular weight is 296 g/mol. The minimum absolute atomic E-state index is 0.0569. The van der Waals surface area contributed by atoms with Crippen molar-refractivity contribution in [3.8, 4) is 11.3 Å². The van der Waals surface area contributed by atoms with E-state index in [1.54, 1.807) is 6.92 Å². The third kappa shape index (κ3) is 2.08. The summed E-state index contributed by atoms with van der Waals surface area (Å²) in [5.74, 6) is 0.0569. The molecule has 0 saturated heterocycles. The van der Waals surface area contributed by atoms with E-state index >= 15 is 0 Å². The van der Waals surface area contributed by atoms with Crippen molar-refractivity contribution < 1.29 is 4.79 Å². The van der Waals surface area contributed by atoms with Gasteiger partial charge in [0.1, 0.15) is 0 Å². The molecule has 0 saturated carbocycles. The first-order chi connectivity index (χ1) is 7.59. The fourth-order valence-corrected chi connectivity index (χ4v) is 2.92. The second-order valence-electron chi connectivity index (χ2n) is 3.52. The van der Waals surface area contributed by atoms with E-state index in [9.17, 15) is 4.79 Å². The number of aryl methyl sites for hydroxylation is 1. The summed E-state index contributed by atoms with van der Waals surface area (Å²) in [4.78, 5) is 16.6. The van der Waals surface area contributed by atoms with Gasteiger partial charge in [-0.2, -0.15) is 0 Å². The van der Waals surface area contributed by atoms with Crippen molar-refractivity contribution in [1.82, 2.24) is 4.98 Å². The van der Waals surface area contributed by atoms with Crippen LogP contribution in [0.1, 0.15) is 22.2 Å². The third-order valence-electron chi connectivity index (χ3n) is 2.32. The summed E-state index contributed by atoms with van der Waals surface area (Å²) in [7, 11) is 0. The molecular formula is C12H10BrNOS. The first-order valence-electron chi connectivity index (χ1n) is 4.83. The van der Waals surface area contributed by atoms with Crippen LogP contribution < -0.4 is 0 Å². The lowest BCUT2D eigenvalue weighted by molar-refractivity contribution is 0.102. The summed E-state index contributed by atoms with van der Waals surface area (Å²) >= 11 is 4.71. The highest BCUT2D eigenvalue weighted by Gasteiger charge is 2.16. The van der Waals surface area contributed by atoms with Gasteiger partial charge in [-0.15, -0.1) is 11.3 Å². The fourth-order valence-electron chi connectivity index (χ4n) is 1.55. The van der Waals surface area contributed by atoms with Crippen LogP contribution in [-0.4, -0.2) is 10.8 Å². The number of thiazole rings is 1. The molecule has 82 valence electrons. The van der Waals surface area contributed by atoms with E-state index in [1.807, 2.05) is 31.2 Å². The Morgan fingerprint density at radius 3 is 2.69 bits per heavy atom. The van der Waals surface area contributed by atoms with Gasteiger partial charge in [0.25, 0.3) is 0 Å². The molecule has 2 nitrogen and oxygen atoms in total. The second-order valence-corrected chi connectivity index (χ2v) is 5.79. The smallest absolute Gasteiger partial charge is 0.172 e. The monoisotopic (exact) mass is 295 g/mol. The Morgan fingerprint density at radius 1 is 1.38 bits per heavy atom. The Hall–Kier alpha value is -1.00. The highest BCUT2D eigenvalue weighted by Crippen LogP contribution is 2.32. The summed E-state index contributed by atoms with van der Waals surface area (Å²) in [6, 6.07) is 7.95. The van der Waals surface area contributed by atoms with E-state index in [2.05, 4.69) is 20.9 Å². The van der Waals surface area contributed by atoms with E-state index < -0.39 is 0 Å². The quantitative estimate of drug-likeness (QED) is 0.781.